The number of amides is 2. The molecule has 0 fully saturated rings. The molecule has 30 heavy (non-hydrogen) atoms. The molecule has 158 valence electrons. The van der Waals surface area contributed by atoms with Gasteiger partial charge in [0.1, 0.15) is 17.2 Å². The van der Waals surface area contributed by atoms with E-state index in [1.165, 1.54) is 4.90 Å². The van der Waals surface area contributed by atoms with Crippen LogP contribution >= 0.6 is 0 Å². The van der Waals surface area contributed by atoms with Gasteiger partial charge < -0.3 is 14.8 Å². The molecule has 0 aliphatic carbocycles. The highest BCUT2D eigenvalue weighted by atomic mass is 16.5. The number of carbonyl (C=O) groups excluding carboxylic acids is 2. The summed E-state index contributed by atoms with van der Waals surface area (Å²) in [5.74, 6) is 0.807. The Labute approximate surface area is 177 Å². The van der Waals surface area contributed by atoms with Gasteiger partial charge in [-0.3, -0.25) is 14.5 Å². The lowest BCUT2D eigenvalue weighted by atomic mass is 10.0. The van der Waals surface area contributed by atoms with Crippen LogP contribution in [0.25, 0.3) is 5.57 Å². The van der Waals surface area contributed by atoms with E-state index < -0.39 is 0 Å². The molecule has 3 rings (SSSR count). The van der Waals surface area contributed by atoms with Crippen molar-refractivity contribution in [2.45, 2.75) is 40.2 Å². The molecule has 2 aromatic rings. The Morgan fingerprint density at radius 3 is 2.33 bits per heavy atom. The van der Waals surface area contributed by atoms with Crippen molar-refractivity contribution in [2.24, 2.45) is 0 Å². The molecule has 0 aromatic heterocycles. The van der Waals surface area contributed by atoms with Crippen molar-refractivity contribution >= 4 is 23.1 Å². The number of nitrogens with one attached hydrogen (secondary N) is 1. The predicted molar refractivity (Wildman–Crippen MR) is 117 cm³/mol. The van der Waals surface area contributed by atoms with Crippen molar-refractivity contribution in [3.05, 3.63) is 59.8 Å². The molecular weight excluding hydrogens is 380 g/mol. The molecular formula is C24H28N2O4. The molecule has 2 aromatic carbocycles. The normalized spacial score (nSPS) is 14.0. The van der Waals surface area contributed by atoms with Crippen molar-refractivity contribution in [1.29, 1.82) is 0 Å². The molecule has 1 aliphatic rings. The molecule has 1 aliphatic heterocycles. The fraction of sp³-hybridized carbons (Fsp3) is 0.333. The van der Waals surface area contributed by atoms with Gasteiger partial charge in [0.2, 0.25) is 0 Å². The van der Waals surface area contributed by atoms with Crippen LogP contribution in [0.1, 0.15) is 39.7 Å². The van der Waals surface area contributed by atoms with Crippen LogP contribution in [0.3, 0.4) is 0 Å². The fourth-order valence-electron chi connectivity index (χ4n) is 3.33. The number of carbonyl (C=O) groups is 2. The number of hydrogen-bond acceptors (Lipinski definition) is 5. The van der Waals surface area contributed by atoms with Crippen LogP contribution in [0, 0.1) is 0 Å². The van der Waals surface area contributed by atoms with Gasteiger partial charge in [-0.15, -0.1) is 0 Å². The number of rotatable bonds is 9. The van der Waals surface area contributed by atoms with Crippen LogP contribution < -0.4 is 14.8 Å². The zero-order valence-electron chi connectivity index (χ0n) is 17.9. The number of imide groups is 1. The van der Waals surface area contributed by atoms with Gasteiger partial charge in [-0.25, -0.2) is 0 Å². The third-order valence-corrected chi connectivity index (χ3v) is 4.54. The minimum atomic E-state index is -0.318. The van der Waals surface area contributed by atoms with Gasteiger partial charge in [-0.05, 0) is 57.0 Å². The van der Waals surface area contributed by atoms with E-state index in [0.717, 1.165) is 5.75 Å². The Morgan fingerprint density at radius 1 is 0.967 bits per heavy atom. The van der Waals surface area contributed by atoms with Crippen molar-refractivity contribution < 1.29 is 19.1 Å². The van der Waals surface area contributed by atoms with Crippen molar-refractivity contribution in [2.75, 3.05) is 18.5 Å². The molecule has 6 nitrogen and oxygen atoms in total. The highest BCUT2D eigenvalue weighted by Crippen LogP contribution is 2.32. The summed E-state index contributed by atoms with van der Waals surface area (Å²) >= 11 is 0. The van der Waals surface area contributed by atoms with Gasteiger partial charge in [-0.1, -0.05) is 25.1 Å². The first-order valence-electron chi connectivity index (χ1n) is 10.3. The molecule has 2 amide bonds. The second kappa shape index (κ2) is 9.48. The summed E-state index contributed by atoms with van der Waals surface area (Å²) in [7, 11) is 0. The van der Waals surface area contributed by atoms with Gasteiger partial charge >= 0.3 is 0 Å². The number of nitrogens with zero attached hydrogens (tertiary/aromatic N) is 1. The van der Waals surface area contributed by atoms with Gasteiger partial charge in [0.05, 0.1) is 18.3 Å². The quantitative estimate of drug-likeness (QED) is 0.620. The average molecular weight is 408 g/mol. The van der Waals surface area contributed by atoms with Crippen molar-refractivity contribution in [3.63, 3.8) is 0 Å². The van der Waals surface area contributed by atoms with E-state index in [9.17, 15) is 9.59 Å². The largest absolute Gasteiger partial charge is 0.494 e. The first-order chi connectivity index (χ1) is 14.4. The number of hydrogen-bond donors (Lipinski definition) is 1. The first-order valence-corrected chi connectivity index (χ1v) is 10.3. The molecule has 0 saturated carbocycles. The van der Waals surface area contributed by atoms with Gasteiger partial charge in [0.15, 0.2) is 0 Å². The lowest BCUT2D eigenvalue weighted by molar-refractivity contribution is -0.136. The number of benzene rings is 2. The van der Waals surface area contributed by atoms with Crippen LogP contribution in [-0.2, 0) is 9.59 Å². The minimum Gasteiger partial charge on any atom is -0.494 e. The number of ether oxygens (including phenoxy) is 2. The lowest BCUT2D eigenvalue weighted by Crippen LogP contribution is -2.33. The lowest BCUT2D eigenvalue weighted by Gasteiger charge is -2.14. The monoisotopic (exact) mass is 408 g/mol. The van der Waals surface area contributed by atoms with E-state index in [1.807, 2.05) is 76.2 Å². The SMILES string of the molecule is CCCN1C(=O)C(Nc2cccc(OCC)c2)=C(c2ccc(OC(C)C)cc2)C1=O. The summed E-state index contributed by atoms with van der Waals surface area (Å²) < 4.78 is 11.2. The summed E-state index contributed by atoms with van der Waals surface area (Å²) in [5.41, 5.74) is 2.00. The molecule has 1 heterocycles. The zero-order valence-corrected chi connectivity index (χ0v) is 17.9. The van der Waals surface area contributed by atoms with Gasteiger partial charge in [-0.2, -0.15) is 0 Å². The standard InChI is InChI=1S/C24H28N2O4/c1-5-14-26-23(27)21(17-10-12-19(13-11-17)30-16(3)4)22(24(26)28)25-18-8-7-9-20(15-18)29-6-2/h7-13,15-16,25H,5-6,14H2,1-4H3. The third kappa shape index (κ3) is 4.64. The summed E-state index contributed by atoms with van der Waals surface area (Å²) in [6.45, 7) is 8.68. The van der Waals surface area contributed by atoms with E-state index in [4.69, 9.17) is 9.47 Å². The van der Waals surface area contributed by atoms with Crippen LogP contribution in [0.4, 0.5) is 5.69 Å². The smallest absolute Gasteiger partial charge is 0.278 e. The second-order valence-electron chi connectivity index (χ2n) is 7.29. The molecule has 0 unspecified atom stereocenters. The third-order valence-electron chi connectivity index (χ3n) is 4.54. The van der Waals surface area contributed by atoms with Gasteiger partial charge in [0, 0.05) is 18.3 Å². The Bertz CT molecular complexity index is 948. The maximum atomic E-state index is 13.1. The molecule has 0 spiro atoms. The maximum absolute atomic E-state index is 13.1. The van der Waals surface area contributed by atoms with E-state index in [1.54, 1.807) is 0 Å². The Kier molecular flexibility index (Phi) is 6.77. The van der Waals surface area contributed by atoms with Crippen LogP contribution in [0.2, 0.25) is 0 Å². The van der Waals surface area contributed by atoms with Crippen molar-refractivity contribution in [3.8, 4) is 11.5 Å². The summed E-state index contributed by atoms with van der Waals surface area (Å²) in [5, 5.41) is 3.16. The summed E-state index contributed by atoms with van der Waals surface area (Å²) in [6, 6.07) is 14.6. The van der Waals surface area contributed by atoms with Crippen LogP contribution in [-0.4, -0.2) is 36.0 Å². The van der Waals surface area contributed by atoms with E-state index in [-0.39, 0.29) is 23.6 Å². The first kappa shape index (κ1) is 21.4. The van der Waals surface area contributed by atoms with E-state index in [2.05, 4.69) is 5.32 Å². The Morgan fingerprint density at radius 2 is 1.70 bits per heavy atom. The Balaban J connectivity index is 1.99. The highest BCUT2D eigenvalue weighted by molar-refractivity contribution is 6.36. The number of anilines is 1. The van der Waals surface area contributed by atoms with Crippen LogP contribution in [0.5, 0.6) is 11.5 Å². The molecule has 1 N–H and O–H groups in total. The zero-order chi connectivity index (χ0) is 21.7. The second-order valence-corrected chi connectivity index (χ2v) is 7.29. The average Bonchev–Trinajstić information content (AvgIpc) is 2.93. The molecule has 6 heteroatoms. The highest BCUT2D eigenvalue weighted by Gasteiger charge is 2.38. The van der Waals surface area contributed by atoms with E-state index >= 15 is 0 Å². The van der Waals surface area contributed by atoms with E-state index in [0.29, 0.717) is 42.1 Å². The maximum Gasteiger partial charge on any atom is 0.278 e. The predicted octanol–water partition coefficient (Wildman–Crippen LogP) is 4.47. The molecule has 0 radical (unpaired) electrons. The summed E-state index contributed by atoms with van der Waals surface area (Å²) in [4.78, 5) is 27.4. The topological polar surface area (TPSA) is 67.9 Å². The summed E-state index contributed by atoms with van der Waals surface area (Å²) in [6.07, 6.45) is 0.749. The van der Waals surface area contributed by atoms with Crippen LogP contribution in [0.15, 0.2) is 54.2 Å². The molecule has 0 saturated heterocycles. The fourth-order valence-corrected chi connectivity index (χ4v) is 3.33. The Hall–Kier alpha value is -3.28. The molecule has 0 atom stereocenters. The van der Waals surface area contributed by atoms with Crippen molar-refractivity contribution in [1.82, 2.24) is 4.90 Å². The minimum absolute atomic E-state index is 0.0552. The molecule has 0 bridgehead atoms. The van der Waals surface area contributed by atoms with Gasteiger partial charge in [0.25, 0.3) is 11.8 Å².